The highest BCUT2D eigenvalue weighted by molar-refractivity contribution is 5.91. The summed E-state index contributed by atoms with van der Waals surface area (Å²) >= 11 is 0. The Morgan fingerprint density at radius 1 is 1.00 bits per heavy atom. The van der Waals surface area contributed by atoms with Gasteiger partial charge >= 0.3 is 5.97 Å². The molecule has 0 spiro atoms. The Balaban J connectivity index is 1.85. The lowest BCUT2D eigenvalue weighted by atomic mass is 10.1. The average molecular weight is 354 g/mol. The molecule has 0 aliphatic rings. The van der Waals surface area contributed by atoms with Crippen molar-refractivity contribution < 1.29 is 14.3 Å². The van der Waals surface area contributed by atoms with Gasteiger partial charge in [0.2, 0.25) is 0 Å². The second-order valence-electron chi connectivity index (χ2n) is 6.00. The van der Waals surface area contributed by atoms with Crippen LogP contribution in [0.5, 0.6) is 0 Å². The van der Waals surface area contributed by atoms with Crippen molar-refractivity contribution >= 4 is 17.6 Å². The number of hydrogen-bond donors (Lipinski definition) is 1. The van der Waals surface area contributed by atoms with Crippen molar-refractivity contribution in [3.05, 3.63) is 65.7 Å². The molecule has 0 unspecified atom stereocenters. The van der Waals surface area contributed by atoms with E-state index in [1.165, 1.54) is 0 Å². The van der Waals surface area contributed by atoms with E-state index in [4.69, 9.17) is 4.74 Å². The van der Waals surface area contributed by atoms with Gasteiger partial charge < -0.3 is 15.0 Å². The molecule has 5 nitrogen and oxygen atoms in total. The van der Waals surface area contributed by atoms with Crippen LogP contribution in [-0.2, 0) is 9.53 Å². The predicted octanol–water partition coefficient (Wildman–Crippen LogP) is 3.57. The van der Waals surface area contributed by atoms with E-state index in [0.29, 0.717) is 5.56 Å². The fourth-order valence-corrected chi connectivity index (χ4v) is 2.72. The number of anilines is 1. The van der Waals surface area contributed by atoms with Gasteiger partial charge in [0.05, 0.1) is 11.6 Å². The van der Waals surface area contributed by atoms with E-state index in [2.05, 4.69) is 24.1 Å². The van der Waals surface area contributed by atoms with E-state index in [0.717, 1.165) is 24.3 Å². The molecule has 138 valence electrons. The molecule has 26 heavy (non-hydrogen) atoms. The number of rotatable bonds is 8. The minimum atomic E-state index is -0.501. The summed E-state index contributed by atoms with van der Waals surface area (Å²) in [5, 5.41) is 2.82. The molecule has 0 saturated carbocycles. The molecule has 0 fully saturated rings. The Bertz CT molecular complexity index is 710. The van der Waals surface area contributed by atoms with Crippen molar-refractivity contribution in [2.45, 2.75) is 26.8 Å². The van der Waals surface area contributed by atoms with E-state index in [-0.39, 0.29) is 18.6 Å². The molecule has 0 saturated heterocycles. The smallest absolute Gasteiger partial charge is 0.338 e. The van der Waals surface area contributed by atoms with Gasteiger partial charge in [0, 0.05) is 18.8 Å². The van der Waals surface area contributed by atoms with E-state index in [1.54, 1.807) is 12.1 Å². The zero-order valence-electron chi connectivity index (χ0n) is 15.6. The molecule has 0 heterocycles. The number of ether oxygens (including phenoxy) is 1. The van der Waals surface area contributed by atoms with Gasteiger partial charge in [-0.3, -0.25) is 4.79 Å². The van der Waals surface area contributed by atoms with E-state index < -0.39 is 5.97 Å². The predicted molar refractivity (Wildman–Crippen MR) is 103 cm³/mol. The van der Waals surface area contributed by atoms with Crippen molar-refractivity contribution in [3.63, 3.8) is 0 Å². The van der Waals surface area contributed by atoms with Crippen molar-refractivity contribution in [2.75, 3.05) is 24.6 Å². The van der Waals surface area contributed by atoms with E-state index in [9.17, 15) is 9.59 Å². The Morgan fingerprint density at radius 2 is 1.62 bits per heavy atom. The number of nitrogens with zero attached hydrogens (tertiary/aromatic N) is 1. The first-order valence-electron chi connectivity index (χ1n) is 8.91. The van der Waals surface area contributed by atoms with Gasteiger partial charge in [0.1, 0.15) is 0 Å². The highest BCUT2D eigenvalue weighted by Gasteiger charge is 2.13. The minimum Gasteiger partial charge on any atom is -0.452 e. The molecule has 0 aliphatic carbocycles. The number of benzene rings is 2. The molecule has 0 radical (unpaired) electrons. The summed E-state index contributed by atoms with van der Waals surface area (Å²) in [7, 11) is 0. The lowest BCUT2D eigenvalue weighted by Gasteiger charge is -2.21. The first-order valence-corrected chi connectivity index (χ1v) is 8.91. The molecule has 1 atom stereocenters. The summed E-state index contributed by atoms with van der Waals surface area (Å²) in [5.74, 6) is -0.826. The Hall–Kier alpha value is -2.82. The first kappa shape index (κ1) is 19.5. The van der Waals surface area contributed by atoms with Crippen molar-refractivity contribution in [1.82, 2.24) is 5.32 Å². The normalized spacial score (nSPS) is 11.5. The van der Waals surface area contributed by atoms with Crippen LogP contribution < -0.4 is 10.2 Å². The van der Waals surface area contributed by atoms with E-state index >= 15 is 0 Å². The summed E-state index contributed by atoms with van der Waals surface area (Å²) < 4.78 is 5.12. The number of hydrogen-bond acceptors (Lipinski definition) is 4. The minimum absolute atomic E-state index is 0.143. The van der Waals surface area contributed by atoms with Gasteiger partial charge in [-0.25, -0.2) is 4.79 Å². The largest absolute Gasteiger partial charge is 0.452 e. The number of amides is 1. The quantitative estimate of drug-likeness (QED) is 0.736. The lowest BCUT2D eigenvalue weighted by molar-refractivity contribution is -0.124. The van der Waals surface area contributed by atoms with Gasteiger partial charge in [0.25, 0.3) is 5.91 Å². The number of esters is 1. The summed E-state index contributed by atoms with van der Waals surface area (Å²) in [4.78, 5) is 26.3. The van der Waals surface area contributed by atoms with Crippen LogP contribution in [-0.4, -0.2) is 31.6 Å². The van der Waals surface area contributed by atoms with Crippen molar-refractivity contribution in [2.24, 2.45) is 0 Å². The van der Waals surface area contributed by atoms with Gasteiger partial charge in [-0.2, -0.15) is 0 Å². The van der Waals surface area contributed by atoms with Gasteiger partial charge in [0.15, 0.2) is 6.61 Å². The maximum atomic E-state index is 12.1. The van der Waals surface area contributed by atoms with Crippen LogP contribution in [0.25, 0.3) is 0 Å². The van der Waals surface area contributed by atoms with Gasteiger partial charge in [-0.15, -0.1) is 0 Å². The summed E-state index contributed by atoms with van der Waals surface area (Å²) in [6.45, 7) is 7.57. The molecule has 0 aliphatic heterocycles. The van der Waals surface area contributed by atoms with Crippen LogP contribution in [0.4, 0.5) is 5.69 Å². The summed E-state index contributed by atoms with van der Waals surface area (Å²) in [6.07, 6.45) is 0. The summed E-state index contributed by atoms with van der Waals surface area (Å²) in [5.41, 5.74) is 2.49. The van der Waals surface area contributed by atoms with Gasteiger partial charge in [-0.05, 0) is 50.6 Å². The molecule has 0 bridgehead atoms. The zero-order valence-corrected chi connectivity index (χ0v) is 15.6. The molecule has 2 aromatic rings. The van der Waals surface area contributed by atoms with Crippen LogP contribution in [0.15, 0.2) is 54.6 Å². The molecular formula is C21H26N2O3. The Morgan fingerprint density at radius 3 is 2.19 bits per heavy atom. The maximum absolute atomic E-state index is 12.1. The molecule has 1 amide bonds. The third kappa shape index (κ3) is 5.34. The molecule has 2 aromatic carbocycles. The number of carbonyl (C=O) groups is 2. The van der Waals surface area contributed by atoms with Crippen LogP contribution in [0.1, 0.15) is 42.7 Å². The molecule has 2 rings (SSSR count). The number of nitrogens with one attached hydrogen (secondary N) is 1. The SMILES string of the molecule is CCN(CC)c1ccc(C(=O)OCC(=O)N[C@H](C)c2ccccc2)cc1. The fourth-order valence-electron chi connectivity index (χ4n) is 2.72. The average Bonchev–Trinajstić information content (AvgIpc) is 2.68. The molecule has 0 aromatic heterocycles. The highest BCUT2D eigenvalue weighted by Crippen LogP contribution is 2.15. The third-order valence-corrected chi connectivity index (χ3v) is 4.24. The fraction of sp³-hybridized carbons (Fsp3) is 0.333. The maximum Gasteiger partial charge on any atom is 0.338 e. The van der Waals surface area contributed by atoms with Crippen LogP contribution in [0, 0.1) is 0 Å². The lowest BCUT2D eigenvalue weighted by Crippen LogP contribution is -2.31. The standard InChI is InChI=1S/C21H26N2O3/c1-4-23(5-2)19-13-11-18(12-14-19)21(25)26-15-20(24)22-16(3)17-9-7-6-8-10-17/h6-14,16H,4-5,15H2,1-3H3,(H,22,24)/t16-/m1/s1. The molecule has 1 N–H and O–H groups in total. The zero-order chi connectivity index (χ0) is 18.9. The van der Waals surface area contributed by atoms with Crippen LogP contribution in [0.3, 0.4) is 0 Å². The Labute approximate surface area is 155 Å². The van der Waals surface area contributed by atoms with Crippen LogP contribution in [0.2, 0.25) is 0 Å². The third-order valence-electron chi connectivity index (χ3n) is 4.24. The van der Waals surface area contributed by atoms with E-state index in [1.807, 2.05) is 49.4 Å². The molecule has 5 heteroatoms. The first-order chi connectivity index (χ1) is 12.5. The topological polar surface area (TPSA) is 58.6 Å². The number of carbonyl (C=O) groups excluding carboxylic acids is 2. The second kappa shape index (κ2) is 9.61. The highest BCUT2D eigenvalue weighted by atomic mass is 16.5. The monoisotopic (exact) mass is 354 g/mol. The Kier molecular flexibility index (Phi) is 7.21. The molecular weight excluding hydrogens is 328 g/mol. The van der Waals surface area contributed by atoms with Crippen LogP contribution >= 0.6 is 0 Å². The second-order valence-corrected chi connectivity index (χ2v) is 6.00. The van der Waals surface area contributed by atoms with Crippen molar-refractivity contribution in [1.29, 1.82) is 0 Å². The van der Waals surface area contributed by atoms with Gasteiger partial charge in [-0.1, -0.05) is 30.3 Å². The summed E-state index contributed by atoms with van der Waals surface area (Å²) in [6, 6.07) is 16.7. The van der Waals surface area contributed by atoms with Crippen molar-refractivity contribution in [3.8, 4) is 0 Å².